The van der Waals surface area contributed by atoms with Gasteiger partial charge in [-0.2, -0.15) is 0 Å². The van der Waals surface area contributed by atoms with Crippen LogP contribution < -0.4 is 11.1 Å². The summed E-state index contributed by atoms with van der Waals surface area (Å²) < 4.78 is 0.773. The van der Waals surface area contributed by atoms with Crippen molar-refractivity contribution in [2.24, 2.45) is 5.73 Å². The van der Waals surface area contributed by atoms with Gasteiger partial charge in [-0.05, 0) is 18.2 Å². The third kappa shape index (κ3) is 4.33. The molecule has 0 aromatic heterocycles. The lowest BCUT2D eigenvalue weighted by atomic mass is 10.2. The average molecular weight is 322 g/mol. The summed E-state index contributed by atoms with van der Waals surface area (Å²) in [6.07, 6.45) is -0.431. The first-order valence-electron chi connectivity index (χ1n) is 4.63. The molecule has 1 amide bonds. The smallest absolute Gasteiger partial charge is 0.305 e. The zero-order chi connectivity index (χ0) is 13.0. The number of rotatable bonds is 4. The molecule has 5 nitrogen and oxygen atoms in total. The van der Waals surface area contributed by atoms with E-state index in [4.69, 9.17) is 22.4 Å². The Balaban J connectivity index is 2.71. The van der Waals surface area contributed by atoms with Crippen LogP contribution in [-0.4, -0.2) is 23.0 Å². The molecule has 1 aromatic rings. The third-order valence-corrected chi connectivity index (χ3v) is 2.73. The number of carbonyl (C=O) groups is 2. The molecule has 0 aliphatic heterocycles. The molecule has 92 valence electrons. The van der Waals surface area contributed by atoms with Crippen LogP contribution in [0, 0.1) is 0 Å². The predicted molar refractivity (Wildman–Crippen MR) is 68.0 cm³/mol. The minimum Gasteiger partial charge on any atom is -0.481 e. The van der Waals surface area contributed by atoms with Gasteiger partial charge in [0.15, 0.2) is 0 Å². The van der Waals surface area contributed by atoms with Gasteiger partial charge in [-0.1, -0.05) is 27.5 Å². The number of benzene rings is 1. The van der Waals surface area contributed by atoms with Crippen molar-refractivity contribution >= 4 is 45.1 Å². The van der Waals surface area contributed by atoms with Gasteiger partial charge in [0.2, 0.25) is 5.91 Å². The molecule has 0 spiro atoms. The van der Waals surface area contributed by atoms with Gasteiger partial charge in [0.1, 0.15) is 0 Å². The Labute approximate surface area is 111 Å². The zero-order valence-corrected chi connectivity index (χ0v) is 11.0. The Bertz CT molecular complexity index is 453. The van der Waals surface area contributed by atoms with E-state index in [1.807, 2.05) is 0 Å². The highest BCUT2D eigenvalue weighted by molar-refractivity contribution is 9.10. The quantitative estimate of drug-likeness (QED) is 0.789. The standard InChI is InChI=1S/C10H10BrClN2O3/c11-5-1-2-8(6(12)3-5)14-10(17)7(13)4-9(15)16/h1-3,7H,4,13H2,(H,14,17)(H,15,16). The second-order valence-corrected chi connectivity index (χ2v) is 4.64. The number of hydrogen-bond donors (Lipinski definition) is 3. The molecule has 1 aromatic carbocycles. The number of aliphatic carboxylic acids is 1. The highest BCUT2D eigenvalue weighted by Gasteiger charge is 2.17. The largest absolute Gasteiger partial charge is 0.481 e. The van der Waals surface area contributed by atoms with Gasteiger partial charge in [0.05, 0.1) is 23.2 Å². The number of hydrogen-bond acceptors (Lipinski definition) is 3. The molecule has 1 atom stereocenters. The summed E-state index contributed by atoms with van der Waals surface area (Å²) in [5.74, 6) is -1.72. The Morgan fingerprint density at radius 2 is 2.18 bits per heavy atom. The molecule has 0 saturated carbocycles. The summed E-state index contributed by atoms with van der Waals surface area (Å²) in [5, 5.41) is 11.3. The number of nitrogens with two attached hydrogens (primary N) is 1. The first kappa shape index (κ1) is 14.0. The molecule has 0 aliphatic rings. The normalized spacial score (nSPS) is 11.9. The van der Waals surface area contributed by atoms with Crippen LogP contribution in [0.4, 0.5) is 5.69 Å². The lowest BCUT2D eigenvalue weighted by Crippen LogP contribution is -2.37. The molecule has 0 radical (unpaired) electrons. The molecule has 17 heavy (non-hydrogen) atoms. The fraction of sp³-hybridized carbons (Fsp3) is 0.200. The van der Waals surface area contributed by atoms with E-state index in [2.05, 4.69) is 21.2 Å². The van der Waals surface area contributed by atoms with Gasteiger partial charge in [0, 0.05) is 4.47 Å². The molecule has 0 saturated heterocycles. The van der Waals surface area contributed by atoms with Crippen molar-refractivity contribution in [2.45, 2.75) is 12.5 Å². The zero-order valence-electron chi connectivity index (χ0n) is 8.61. The second-order valence-electron chi connectivity index (χ2n) is 3.32. The summed E-state index contributed by atoms with van der Waals surface area (Å²) in [5.41, 5.74) is 5.79. The molecular weight excluding hydrogens is 311 g/mol. The molecule has 0 heterocycles. The van der Waals surface area contributed by atoms with Crippen LogP contribution in [0.25, 0.3) is 0 Å². The molecule has 0 fully saturated rings. The van der Waals surface area contributed by atoms with Gasteiger partial charge < -0.3 is 16.2 Å². The summed E-state index contributed by atoms with van der Waals surface area (Å²) in [7, 11) is 0. The van der Waals surface area contributed by atoms with Gasteiger partial charge >= 0.3 is 5.97 Å². The van der Waals surface area contributed by atoms with E-state index < -0.39 is 24.3 Å². The predicted octanol–water partition coefficient (Wildman–Crippen LogP) is 1.84. The molecule has 4 N–H and O–H groups in total. The van der Waals surface area contributed by atoms with Gasteiger partial charge in [0.25, 0.3) is 0 Å². The molecular formula is C10H10BrClN2O3. The van der Waals surface area contributed by atoms with E-state index in [1.165, 1.54) is 0 Å². The third-order valence-electron chi connectivity index (χ3n) is 1.92. The highest BCUT2D eigenvalue weighted by atomic mass is 79.9. The number of carboxylic acids is 1. The molecule has 7 heteroatoms. The van der Waals surface area contributed by atoms with Crippen molar-refractivity contribution < 1.29 is 14.7 Å². The van der Waals surface area contributed by atoms with Crippen LogP contribution in [0.15, 0.2) is 22.7 Å². The minimum absolute atomic E-state index is 0.343. The monoisotopic (exact) mass is 320 g/mol. The van der Waals surface area contributed by atoms with Crippen LogP contribution >= 0.6 is 27.5 Å². The molecule has 1 rings (SSSR count). The van der Waals surface area contributed by atoms with Crippen molar-refractivity contribution in [3.63, 3.8) is 0 Å². The number of amides is 1. The van der Waals surface area contributed by atoms with E-state index in [0.717, 1.165) is 4.47 Å². The van der Waals surface area contributed by atoms with Crippen molar-refractivity contribution in [2.75, 3.05) is 5.32 Å². The van der Waals surface area contributed by atoms with Gasteiger partial charge in [-0.3, -0.25) is 9.59 Å². The average Bonchev–Trinajstić information content (AvgIpc) is 2.21. The van der Waals surface area contributed by atoms with E-state index in [9.17, 15) is 9.59 Å². The van der Waals surface area contributed by atoms with E-state index >= 15 is 0 Å². The lowest BCUT2D eigenvalue weighted by molar-refractivity contribution is -0.138. The van der Waals surface area contributed by atoms with Crippen molar-refractivity contribution in [1.82, 2.24) is 0 Å². The van der Waals surface area contributed by atoms with Crippen LogP contribution in [0.5, 0.6) is 0 Å². The fourth-order valence-electron chi connectivity index (χ4n) is 1.10. The molecule has 1 unspecified atom stereocenters. The lowest BCUT2D eigenvalue weighted by Gasteiger charge is -2.11. The number of anilines is 1. The Morgan fingerprint density at radius 3 is 2.71 bits per heavy atom. The van der Waals surface area contributed by atoms with E-state index in [-0.39, 0.29) is 0 Å². The highest BCUT2D eigenvalue weighted by Crippen LogP contribution is 2.25. The maximum Gasteiger partial charge on any atom is 0.305 e. The first-order valence-corrected chi connectivity index (χ1v) is 5.80. The van der Waals surface area contributed by atoms with E-state index in [1.54, 1.807) is 18.2 Å². The van der Waals surface area contributed by atoms with Gasteiger partial charge in [-0.15, -0.1) is 0 Å². The van der Waals surface area contributed by atoms with Gasteiger partial charge in [-0.25, -0.2) is 0 Å². The minimum atomic E-state index is -1.13. The second kappa shape index (κ2) is 6.00. The number of carbonyl (C=O) groups excluding carboxylic acids is 1. The summed E-state index contributed by atoms with van der Waals surface area (Å²) in [4.78, 5) is 21.9. The summed E-state index contributed by atoms with van der Waals surface area (Å²) >= 11 is 9.11. The summed E-state index contributed by atoms with van der Waals surface area (Å²) in [6.45, 7) is 0. The maximum atomic E-state index is 11.5. The van der Waals surface area contributed by atoms with Crippen molar-refractivity contribution in [3.8, 4) is 0 Å². The molecule has 0 bridgehead atoms. The van der Waals surface area contributed by atoms with E-state index in [0.29, 0.717) is 10.7 Å². The Hall–Kier alpha value is -1.11. The topological polar surface area (TPSA) is 92.4 Å². The number of halogens is 2. The SMILES string of the molecule is NC(CC(=O)O)C(=O)Nc1ccc(Br)cc1Cl. The first-order chi connectivity index (χ1) is 7.90. The van der Waals surface area contributed by atoms with Crippen LogP contribution in [0.1, 0.15) is 6.42 Å². The fourth-order valence-corrected chi connectivity index (χ4v) is 1.82. The summed E-state index contributed by atoms with van der Waals surface area (Å²) in [6, 6.07) is 3.80. The number of carboxylic acid groups (broad SMARTS) is 1. The van der Waals surface area contributed by atoms with Crippen LogP contribution in [-0.2, 0) is 9.59 Å². The Kier molecular flexibility index (Phi) is 4.92. The number of nitrogens with one attached hydrogen (secondary N) is 1. The van der Waals surface area contributed by atoms with Crippen molar-refractivity contribution in [3.05, 3.63) is 27.7 Å². The molecule has 0 aliphatic carbocycles. The Morgan fingerprint density at radius 1 is 1.53 bits per heavy atom. The maximum absolute atomic E-state index is 11.5. The van der Waals surface area contributed by atoms with Crippen LogP contribution in [0.2, 0.25) is 5.02 Å². The van der Waals surface area contributed by atoms with Crippen LogP contribution in [0.3, 0.4) is 0 Å². The van der Waals surface area contributed by atoms with Crippen molar-refractivity contribution in [1.29, 1.82) is 0 Å².